The minimum atomic E-state index is -1.00. The lowest BCUT2D eigenvalue weighted by Crippen LogP contribution is -2.46. The van der Waals surface area contributed by atoms with Gasteiger partial charge in [0, 0.05) is 40.1 Å². The summed E-state index contributed by atoms with van der Waals surface area (Å²) in [4.78, 5) is 43.5. The first-order chi connectivity index (χ1) is 17.4. The van der Waals surface area contributed by atoms with Gasteiger partial charge in [-0.1, -0.05) is 35.9 Å². The fourth-order valence-electron chi connectivity index (χ4n) is 5.28. The molecule has 3 aromatic rings. The Bertz CT molecular complexity index is 1330. The van der Waals surface area contributed by atoms with Gasteiger partial charge in [-0.25, -0.2) is 4.39 Å². The smallest absolute Gasteiger partial charge is 0.317 e. The monoisotopic (exact) mass is 503 g/mol. The minimum absolute atomic E-state index is 0.0449. The fourth-order valence-corrected chi connectivity index (χ4v) is 6.14. The van der Waals surface area contributed by atoms with E-state index in [1.807, 2.05) is 48.7 Å². The van der Waals surface area contributed by atoms with Gasteiger partial charge in [0.1, 0.15) is 11.7 Å². The number of thiophene rings is 1. The number of nitrogens with zero attached hydrogens (tertiary/aromatic N) is 1. The molecule has 5 nitrogen and oxygen atoms in total. The molecule has 5 rings (SSSR count). The Morgan fingerprint density at radius 2 is 1.78 bits per heavy atom. The van der Waals surface area contributed by atoms with Crippen LogP contribution in [0.3, 0.4) is 0 Å². The van der Waals surface area contributed by atoms with Gasteiger partial charge < -0.3 is 4.74 Å². The van der Waals surface area contributed by atoms with Gasteiger partial charge in [0.25, 0.3) is 0 Å². The molecule has 0 fully saturated rings. The van der Waals surface area contributed by atoms with Crippen LogP contribution in [0.5, 0.6) is 0 Å². The van der Waals surface area contributed by atoms with E-state index in [9.17, 15) is 18.8 Å². The number of carbonyl (C=O) groups excluding carboxylic acids is 3. The summed E-state index contributed by atoms with van der Waals surface area (Å²) in [5.74, 6) is -3.42. The molecule has 0 N–H and O–H groups in total. The lowest BCUT2D eigenvalue weighted by Gasteiger charge is -2.42. The van der Waals surface area contributed by atoms with Crippen molar-refractivity contribution in [2.45, 2.75) is 38.5 Å². The SMILES string of the molecule is CCOC(=O)[C@@H]1C(=O)C2=C(C[C@H]1c1cccs1)N(c1ccc(C)cc1)C(=O)C[C@@H]2c1ccc(F)cc1. The Morgan fingerprint density at radius 3 is 2.42 bits per heavy atom. The molecule has 2 aliphatic rings. The van der Waals surface area contributed by atoms with E-state index in [0.29, 0.717) is 28.9 Å². The van der Waals surface area contributed by atoms with E-state index in [2.05, 4.69) is 0 Å². The molecule has 0 saturated heterocycles. The highest BCUT2D eigenvalue weighted by molar-refractivity contribution is 7.10. The number of esters is 1. The summed E-state index contributed by atoms with van der Waals surface area (Å²) in [5.41, 5.74) is 3.45. The summed E-state index contributed by atoms with van der Waals surface area (Å²) in [6.45, 7) is 3.86. The van der Waals surface area contributed by atoms with E-state index in [4.69, 9.17) is 4.74 Å². The van der Waals surface area contributed by atoms with Crippen LogP contribution in [-0.2, 0) is 19.1 Å². The number of allylic oxidation sites excluding steroid dienone is 2. The number of carbonyl (C=O) groups is 3. The molecule has 1 aliphatic heterocycles. The molecule has 0 saturated carbocycles. The molecule has 1 amide bonds. The maximum absolute atomic E-state index is 14.2. The minimum Gasteiger partial charge on any atom is -0.465 e. The predicted molar refractivity (Wildman–Crippen MR) is 136 cm³/mol. The van der Waals surface area contributed by atoms with Gasteiger partial charge in [0.15, 0.2) is 5.78 Å². The Kier molecular flexibility index (Phi) is 6.58. The van der Waals surface area contributed by atoms with E-state index in [1.54, 1.807) is 24.0 Å². The van der Waals surface area contributed by atoms with Crippen molar-refractivity contribution < 1.29 is 23.5 Å². The van der Waals surface area contributed by atoms with E-state index in [-0.39, 0.29) is 24.7 Å². The second kappa shape index (κ2) is 9.82. The maximum Gasteiger partial charge on any atom is 0.317 e. The van der Waals surface area contributed by atoms with Gasteiger partial charge in [-0.05, 0) is 61.5 Å². The van der Waals surface area contributed by atoms with Crippen molar-refractivity contribution in [3.63, 3.8) is 0 Å². The summed E-state index contributed by atoms with van der Waals surface area (Å²) in [5, 5.41) is 1.91. The lowest BCUT2D eigenvalue weighted by atomic mass is 9.69. The number of Topliss-reactive ketones (excluding diaryl/α,β-unsaturated/α-hetero) is 1. The molecule has 1 aliphatic carbocycles. The van der Waals surface area contributed by atoms with Crippen molar-refractivity contribution in [2.24, 2.45) is 5.92 Å². The van der Waals surface area contributed by atoms with Crippen molar-refractivity contribution in [3.8, 4) is 0 Å². The molecular formula is C29H26FNO4S. The third-order valence-corrected chi connectivity index (χ3v) is 7.94. The first-order valence-electron chi connectivity index (χ1n) is 12.0. The third-order valence-electron chi connectivity index (χ3n) is 6.93. The zero-order chi connectivity index (χ0) is 25.4. The molecular weight excluding hydrogens is 477 g/mol. The van der Waals surface area contributed by atoms with Crippen molar-refractivity contribution in [3.05, 3.63) is 99.1 Å². The Hall–Kier alpha value is -3.58. The van der Waals surface area contributed by atoms with Crippen LogP contribution in [-0.4, -0.2) is 24.3 Å². The second-order valence-electron chi connectivity index (χ2n) is 9.15. The van der Waals surface area contributed by atoms with Crippen molar-refractivity contribution in [2.75, 3.05) is 11.5 Å². The average Bonchev–Trinajstić information content (AvgIpc) is 3.40. The highest BCUT2D eigenvalue weighted by atomic mass is 32.1. The van der Waals surface area contributed by atoms with E-state index in [1.165, 1.54) is 23.5 Å². The molecule has 7 heteroatoms. The largest absolute Gasteiger partial charge is 0.465 e. The standard InChI is InChI=1S/C29H26FNO4S/c1-3-35-29(34)27-22(24-5-4-14-36-24)15-23-26(28(27)33)21(18-8-10-19(30)11-9-18)16-25(32)31(23)20-12-6-17(2)7-13-20/h4-14,21-22,27H,3,15-16H2,1-2H3/t21-,22+,27+/m1/s1. The maximum atomic E-state index is 14.2. The Balaban J connectivity index is 1.71. The fraction of sp³-hybridized carbons (Fsp3) is 0.276. The molecule has 2 heterocycles. The summed E-state index contributed by atoms with van der Waals surface area (Å²) >= 11 is 1.48. The van der Waals surface area contributed by atoms with Crippen LogP contribution in [0, 0.1) is 18.7 Å². The number of amides is 1. The Labute approximate surface area is 213 Å². The normalized spacial score (nSPS) is 22.0. The number of hydrogen-bond acceptors (Lipinski definition) is 5. The van der Waals surface area contributed by atoms with Crippen LogP contribution >= 0.6 is 11.3 Å². The summed E-state index contributed by atoms with van der Waals surface area (Å²) < 4.78 is 19.1. The highest BCUT2D eigenvalue weighted by Crippen LogP contribution is 2.50. The van der Waals surface area contributed by atoms with Gasteiger partial charge in [0.2, 0.25) is 5.91 Å². The first kappa shape index (κ1) is 24.1. The van der Waals surface area contributed by atoms with Crippen LogP contribution < -0.4 is 4.90 Å². The summed E-state index contributed by atoms with van der Waals surface area (Å²) in [6, 6.07) is 17.3. The lowest BCUT2D eigenvalue weighted by molar-refractivity contribution is -0.152. The molecule has 3 atom stereocenters. The number of halogens is 1. The van der Waals surface area contributed by atoms with Crippen molar-refractivity contribution in [1.29, 1.82) is 0 Å². The summed E-state index contributed by atoms with van der Waals surface area (Å²) in [7, 11) is 0. The summed E-state index contributed by atoms with van der Waals surface area (Å²) in [6.07, 6.45) is 0.381. The molecule has 2 aromatic carbocycles. The van der Waals surface area contributed by atoms with Gasteiger partial charge in [0.05, 0.1) is 6.61 Å². The van der Waals surface area contributed by atoms with Crippen LogP contribution in [0.2, 0.25) is 0 Å². The number of aryl methyl sites for hydroxylation is 1. The second-order valence-corrected chi connectivity index (χ2v) is 10.1. The van der Waals surface area contributed by atoms with Crippen LogP contribution in [0.4, 0.5) is 10.1 Å². The number of ether oxygens (including phenoxy) is 1. The predicted octanol–water partition coefficient (Wildman–Crippen LogP) is 5.91. The molecule has 0 spiro atoms. The number of hydrogen-bond donors (Lipinski definition) is 0. The van der Waals surface area contributed by atoms with Gasteiger partial charge in [-0.2, -0.15) is 0 Å². The molecule has 184 valence electrons. The van der Waals surface area contributed by atoms with Gasteiger partial charge in [-0.15, -0.1) is 11.3 Å². The highest BCUT2D eigenvalue weighted by Gasteiger charge is 2.50. The quantitative estimate of drug-likeness (QED) is 0.321. The number of rotatable bonds is 5. The molecule has 0 bridgehead atoms. The molecule has 36 heavy (non-hydrogen) atoms. The Morgan fingerprint density at radius 1 is 1.06 bits per heavy atom. The molecule has 0 radical (unpaired) electrons. The molecule has 0 unspecified atom stereocenters. The number of benzene rings is 2. The first-order valence-corrected chi connectivity index (χ1v) is 12.9. The van der Waals surface area contributed by atoms with Crippen LogP contribution in [0.25, 0.3) is 0 Å². The van der Waals surface area contributed by atoms with Gasteiger partial charge in [-0.3, -0.25) is 19.3 Å². The van der Waals surface area contributed by atoms with E-state index >= 15 is 0 Å². The topological polar surface area (TPSA) is 63.7 Å². The number of anilines is 1. The van der Waals surface area contributed by atoms with Crippen LogP contribution in [0.15, 0.2) is 77.3 Å². The van der Waals surface area contributed by atoms with E-state index < -0.39 is 29.5 Å². The zero-order valence-corrected chi connectivity index (χ0v) is 20.9. The van der Waals surface area contributed by atoms with Crippen molar-refractivity contribution in [1.82, 2.24) is 0 Å². The van der Waals surface area contributed by atoms with Gasteiger partial charge >= 0.3 is 5.97 Å². The van der Waals surface area contributed by atoms with E-state index in [0.717, 1.165) is 10.4 Å². The van der Waals surface area contributed by atoms with Crippen molar-refractivity contribution >= 4 is 34.7 Å². The number of ketones is 1. The van der Waals surface area contributed by atoms with Crippen LogP contribution in [0.1, 0.15) is 47.6 Å². The zero-order valence-electron chi connectivity index (χ0n) is 20.1. The molecule has 1 aromatic heterocycles. The third kappa shape index (κ3) is 4.28. The average molecular weight is 504 g/mol.